The minimum atomic E-state index is -1.08. The van der Waals surface area contributed by atoms with E-state index in [1.54, 1.807) is 6.07 Å². The number of carboxylic acids is 1. The smallest absolute Gasteiger partial charge is 0.335 e. The third kappa shape index (κ3) is 4.26. The van der Waals surface area contributed by atoms with Crippen LogP contribution < -0.4 is 15.1 Å². The Morgan fingerprint density at radius 3 is 2.24 bits per heavy atom. The topological polar surface area (TPSA) is 94.9 Å². The fourth-order valence-corrected chi connectivity index (χ4v) is 3.73. The summed E-state index contributed by atoms with van der Waals surface area (Å²) in [6.07, 6.45) is 3.35. The van der Waals surface area contributed by atoms with E-state index >= 15 is 0 Å². The summed E-state index contributed by atoms with van der Waals surface area (Å²) in [5.41, 5.74) is 2.90. The first kappa shape index (κ1) is 22.0. The van der Waals surface area contributed by atoms with Gasteiger partial charge < -0.3 is 14.6 Å². The fourth-order valence-electron chi connectivity index (χ4n) is 3.45. The van der Waals surface area contributed by atoms with Gasteiger partial charge in [0.1, 0.15) is 5.57 Å². The first-order chi connectivity index (χ1) is 15.8. The number of thiocarbonyl (C=S) groups is 1. The molecule has 2 heterocycles. The van der Waals surface area contributed by atoms with Crippen molar-refractivity contribution in [2.24, 2.45) is 0 Å². The highest BCUT2D eigenvalue weighted by atomic mass is 32.1. The van der Waals surface area contributed by atoms with E-state index in [0.717, 1.165) is 11.4 Å². The number of hydrogen-bond donors (Lipinski definition) is 2. The van der Waals surface area contributed by atoms with E-state index in [4.69, 9.17) is 17.3 Å². The Hall–Kier alpha value is -4.24. The summed E-state index contributed by atoms with van der Waals surface area (Å²) >= 11 is 5.20. The Bertz CT molecular complexity index is 1290. The van der Waals surface area contributed by atoms with Gasteiger partial charge in [-0.25, -0.2) is 4.79 Å². The molecule has 2 amide bonds. The average molecular weight is 461 g/mol. The van der Waals surface area contributed by atoms with Gasteiger partial charge in [0.25, 0.3) is 11.8 Å². The molecule has 0 spiro atoms. The number of benzene rings is 2. The maximum atomic E-state index is 13.2. The van der Waals surface area contributed by atoms with Crippen LogP contribution in [0.4, 0.5) is 11.4 Å². The Kier molecular flexibility index (Phi) is 5.80. The molecule has 0 bridgehead atoms. The summed E-state index contributed by atoms with van der Waals surface area (Å²) in [4.78, 5) is 40.1. The van der Waals surface area contributed by atoms with Crippen molar-refractivity contribution in [3.63, 3.8) is 0 Å². The highest BCUT2D eigenvalue weighted by molar-refractivity contribution is 7.80. The molecule has 1 fully saturated rings. The minimum absolute atomic E-state index is 0.0696. The number of carbonyl (C=O) groups excluding carboxylic acids is 2. The number of nitrogens with zero attached hydrogens (tertiary/aromatic N) is 3. The van der Waals surface area contributed by atoms with Gasteiger partial charge >= 0.3 is 5.97 Å². The monoisotopic (exact) mass is 460 g/mol. The van der Waals surface area contributed by atoms with Crippen LogP contribution in [0.1, 0.15) is 16.1 Å². The van der Waals surface area contributed by atoms with Crippen LogP contribution in [0, 0.1) is 0 Å². The molecule has 8 nitrogen and oxygen atoms in total. The zero-order chi connectivity index (χ0) is 23.7. The molecule has 2 N–H and O–H groups in total. The van der Waals surface area contributed by atoms with Crippen molar-refractivity contribution in [2.75, 3.05) is 23.9 Å². The summed E-state index contributed by atoms with van der Waals surface area (Å²) in [5, 5.41) is 11.6. The van der Waals surface area contributed by atoms with Crippen LogP contribution in [0.2, 0.25) is 0 Å². The van der Waals surface area contributed by atoms with E-state index in [0.29, 0.717) is 11.4 Å². The molecule has 166 valence electrons. The van der Waals surface area contributed by atoms with Crippen molar-refractivity contribution in [1.82, 2.24) is 9.88 Å². The van der Waals surface area contributed by atoms with Crippen LogP contribution in [0.3, 0.4) is 0 Å². The van der Waals surface area contributed by atoms with Crippen LogP contribution in [0.5, 0.6) is 0 Å². The molecule has 33 heavy (non-hydrogen) atoms. The highest BCUT2D eigenvalue weighted by Crippen LogP contribution is 2.24. The molecule has 4 rings (SSSR count). The predicted molar refractivity (Wildman–Crippen MR) is 130 cm³/mol. The number of anilines is 2. The standard InChI is InChI=1S/C24H20N4O4S/c1-26(2)16-9-11-17(12-10-16)27-13-3-4-19(27)14-20-21(29)25-24(33)28(22(20)30)18-7-5-15(6-8-18)23(31)32/h3-14H,1-2H3,(H,31,32)(H,25,29,33)/b20-14+. The first-order valence-electron chi connectivity index (χ1n) is 9.96. The quantitative estimate of drug-likeness (QED) is 0.345. The number of carbonyl (C=O) groups is 3. The lowest BCUT2D eigenvalue weighted by Gasteiger charge is -2.29. The van der Waals surface area contributed by atoms with Crippen molar-refractivity contribution in [3.8, 4) is 5.69 Å². The lowest BCUT2D eigenvalue weighted by atomic mass is 10.1. The zero-order valence-electron chi connectivity index (χ0n) is 17.9. The molecule has 0 atom stereocenters. The predicted octanol–water partition coefficient (Wildman–Crippen LogP) is 3.07. The molecule has 1 aliphatic rings. The normalized spacial score (nSPS) is 15.0. The van der Waals surface area contributed by atoms with Crippen LogP contribution in [0.25, 0.3) is 11.8 Å². The molecule has 1 saturated heterocycles. The van der Waals surface area contributed by atoms with Gasteiger partial charge in [0.15, 0.2) is 5.11 Å². The molecule has 0 radical (unpaired) electrons. The Morgan fingerprint density at radius 2 is 1.64 bits per heavy atom. The summed E-state index contributed by atoms with van der Waals surface area (Å²) in [7, 11) is 3.92. The fraction of sp³-hybridized carbons (Fsp3) is 0.0833. The summed E-state index contributed by atoms with van der Waals surface area (Å²) < 4.78 is 1.87. The zero-order valence-corrected chi connectivity index (χ0v) is 18.7. The molecule has 0 saturated carbocycles. The summed E-state index contributed by atoms with van der Waals surface area (Å²) in [5.74, 6) is -2.27. The van der Waals surface area contributed by atoms with E-state index in [1.807, 2.05) is 60.1 Å². The highest BCUT2D eigenvalue weighted by Gasteiger charge is 2.34. The molecule has 0 aliphatic carbocycles. The number of aromatic nitrogens is 1. The van der Waals surface area contributed by atoms with Gasteiger partial charge in [-0.3, -0.25) is 19.8 Å². The largest absolute Gasteiger partial charge is 0.478 e. The number of nitrogens with one attached hydrogen (secondary N) is 1. The number of aromatic carboxylic acids is 1. The second-order valence-corrected chi connectivity index (χ2v) is 7.91. The Morgan fingerprint density at radius 1 is 1.00 bits per heavy atom. The van der Waals surface area contributed by atoms with Gasteiger partial charge in [0, 0.05) is 37.4 Å². The van der Waals surface area contributed by atoms with Gasteiger partial charge in [0.05, 0.1) is 11.3 Å². The van der Waals surface area contributed by atoms with E-state index in [9.17, 15) is 14.4 Å². The van der Waals surface area contributed by atoms with E-state index in [-0.39, 0.29) is 16.2 Å². The number of carboxylic acid groups (broad SMARTS) is 1. The van der Waals surface area contributed by atoms with E-state index in [1.165, 1.54) is 35.2 Å². The summed E-state index contributed by atoms with van der Waals surface area (Å²) in [6.45, 7) is 0. The third-order valence-corrected chi connectivity index (χ3v) is 5.48. The van der Waals surface area contributed by atoms with Crippen LogP contribution in [0.15, 0.2) is 72.4 Å². The SMILES string of the molecule is CN(C)c1ccc(-n2cccc2/C=C2\C(=O)NC(=S)N(c3ccc(C(=O)O)cc3)C2=O)cc1. The lowest BCUT2D eigenvalue weighted by molar-refractivity contribution is -0.122. The second kappa shape index (κ2) is 8.71. The van der Waals surface area contributed by atoms with E-state index < -0.39 is 17.8 Å². The number of rotatable bonds is 5. The van der Waals surface area contributed by atoms with Gasteiger partial charge in [-0.15, -0.1) is 0 Å². The van der Waals surface area contributed by atoms with Crippen molar-refractivity contribution in [3.05, 3.63) is 83.7 Å². The maximum absolute atomic E-state index is 13.2. The van der Waals surface area contributed by atoms with Gasteiger partial charge in [-0.1, -0.05) is 0 Å². The first-order valence-corrected chi connectivity index (χ1v) is 10.4. The van der Waals surface area contributed by atoms with Crippen LogP contribution in [-0.2, 0) is 9.59 Å². The van der Waals surface area contributed by atoms with Crippen LogP contribution in [-0.4, -0.2) is 46.7 Å². The second-order valence-electron chi connectivity index (χ2n) is 7.52. The van der Waals surface area contributed by atoms with Crippen molar-refractivity contribution < 1.29 is 19.5 Å². The van der Waals surface area contributed by atoms with Gasteiger partial charge in [0.2, 0.25) is 0 Å². The molecular weight excluding hydrogens is 440 g/mol. The van der Waals surface area contributed by atoms with Gasteiger partial charge in [-0.2, -0.15) is 0 Å². The number of amides is 2. The minimum Gasteiger partial charge on any atom is -0.478 e. The number of hydrogen-bond acceptors (Lipinski definition) is 5. The molecule has 1 aliphatic heterocycles. The lowest BCUT2D eigenvalue weighted by Crippen LogP contribution is -2.54. The van der Waals surface area contributed by atoms with Gasteiger partial charge in [-0.05, 0) is 79.0 Å². The van der Waals surface area contributed by atoms with Crippen molar-refractivity contribution in [1.29, 1.82) is 0 Å². The molecule has 9 heteroatoms. The molecule has 3 aromatic rings. The maximum Gasteiger partial charge on any atom is 0.335 e. The Balaban J connectivity index is 1.69. The van der Waals surface area contributed by atoms with Crippen molar-refractivity contribution >= 4 is 52.6 Å². The molecule has 1 aromatic heterocycles. The molecule has 2 aromatic carbocycles. The molecule has 0 unspecified atom stereocenters. The molecular formula is C24H20N4O4S. The summed E-state index contributed by atoms with van der Waals surface area (Å²) in [6, 6.07) is 17.2. The van der Waals surface area contributed by atoms with E-state index in [2.05, 4.69) is 5.32 Å². The van der Waals surface area contributed by atoms with Crippen LogP contribution >= 0.6 is 12.2 Å². The third-order valence-electron chi connectivity index (χ3n) is 5.19. The Labute approximate surface area is 195 Å². The van der Waals surface area contributed by atoms with Crippen molar-refractivity contribution in [2.45, 2.75) is 0 Å². The average Bonchev–Trinajstić information content (AvgIpc) is 3.25.